The fourth-order valence-corrected chi connectivity index (χ4v) is 4.30. The van der Waals surface area contributed by atoms with Crippen molar-refractivity contribution in [3.63, 3.8) is 0 Å². The lowest BCUT2D eigenvalue weighted by molar-refractivity contribution is -0.156. The first-order valence-corrected chi connectivity index (χ1v) is 9.88. The van der Waals surface area contributed by atoms with Gasteiger partial charge in [-0.2, -0.15) is 0 Å². The number of carbonyl (C=O) groups excluding carboxylic acids is 1. The molecule has 27 heavy (non-hydrogen) atoms. The molecule has 1 aliphatic heterocycles. The van der Waals surface area contributed by atoms with Gasteiger partial charge >= 0.3 is 0 Å². The molecule has 1 saturated heterocycles. The third-order valence-corrected chi connectivity index (χ3v) is 5.77. The topological polar surface area (TPSA) is 48.0 Å². The number of hydrogen-bond acceptors (Lipinski definition) is 4. The number of halogens is 1. The molecule has 1 fully saturated rings. The van der Waals surface area contributed by atoms with E-state index in [-0.39, 0.29) is 17.9 Å². The Labute approximate surface area is 168 Å². The van der Waals surface area contributed by atoms with Gasteiger partial charge in [0.15, 0.2) is 11.5 Å². The van der Waals surface area contributed by atoms with Crippen molar-refractivity contribution in [1.82, 2.24) is 4.90 Å². The summed E-state index contributed by atoms with van der Waals surface area (Å²) in [6, 6.07) is 12.1. The van der Waals surface area contributed by atoms with Gasteiger partial charge in [-0.05, 0) is 35.7 Å². The van der Waals surface area contributed by atoms with Crippen LogP contribution in [0, 0.1) is 12.8 Å². The van der Waals surface area contributed by atoms with Gasteiger partial charge in [-0.25, -0.2) is 0 Å². The van der Waals surface area contributed by atoms with Crippen LogP contribution < -0.4 is 14.2 Å². The first-order valence-electron chi connectivity index (χ1n) is 8.76. The Hall–Kier alpha value is -2.21. The van der Waals surface area contributed by atoms with Crippen molar-refractivity contribution >= 4 is 21.8 Å². The van der Waals surface area contributed by atoms with Crippen LogP contribution in [0.15, 0.2) is 36.4 Å². The van der Waals surface area contributed by atoms with Crippen molar-refractivity contribution in [2.24, 2.45) is 5.92 Å². The van der Waals surface area contributed by atoms with Gasteiger partial charge in [-0.15, -0.1) is 0 Å². The van der Waals surface area contributed by atoms with Gasteiger partial charge in [0.2, 0.25) is 11.7 Å². The molecule has 2 aromatic carbocycles. The van der Waals surface area contributed by atoms with Crippen molar-refractivity contribution in [2.75, 3.05) is 26.7 Å². The van der Waals surface area contributed by atoms with Gasteiger partial charge in [0.25, 0.3) is 0 Å². The zero-order chi connectivity index (χ0) is 19.6. The first-order chi connectivity index (χ1) is 13.0. The van der Waals surface area contributed by atoms with Gasteiger partial charge in [0, 0.05) is 11.9 Å². The lowest BCUT2D eigenvalue weighted by atomic mass is 9.81. The van der Waals surface area contributed by atoms with Crippen molar-refractivity contribution in [3.05, 3.63) is 53.1 Å². The maximum Gasteiger partial charge on any atom is 0.229 e. The summed E-state index contributed by atoms with van der Waals surface area (Å²) in [4.78, 5) is 14.6. The minimum atomic E-state index is -0.0480. The maximum absolute atomic E-state index is 12.7. The van der Waals surface area contributed by atoms with E-state index in [4.69, 9.17) is 14.2 Å². The number of amides is 1. The Bertz CT molecular complexity index is 814. The number of likely N-dealkylation sites (tertiary alicyclic amines) is 1. The molecule has 1 heterocycles. The number of benzene rings is 2. The monoisotopic (exact) mass is 433 g/mol. The predicted molar refractivity (Wildman–Crippen MR) is 108 cm³/mol. The number of β-lactam (4-membered cyclic amide) rings is 1. The fourth-order valence-electron chi connectivity index (χ4n) is 3.67. The smallest absolute Gasteiger partial charge is 0.229 e. The average molecular weight is 434 g/mol. The van der Waals surface area contributed by atoms with Gasteiger partial charge in [-0.3, -0.25) is 4.79 Å². The standard InChI is InChI=1S/C21H24BrNO4/c1-13-7-5-6-8-15(13)19-16(11-22)21(24)23(19)12-14-9-17(25-2)20(27-4)18(10-14)26-3/h5-10,16,19H,11-12H2,1-4H3/t16-,19+/m1/s1. The van der Waals surface area contributed by atoms with Gasteiger partial charge in [0.1, 0.15) is 0 Å². The number of carbonyl (C=O) groups is 1. The van der Waals surface area contributed by atoms with Gasteiger partial charge in [-0.1, -0.05) is 40.2 Å². The second-order valence-corrected chi connectivity index (χ2v) is 7.21. The predicted octanol–water partition coefficient (Wildman–Crippen LogP) is 4.12. The van der Waals surface area contributed by atoms with Crippen LogP contribution in [0.4, 0.5) is 0 Å². The number of hydrogen-bond donors (Lipinski definition) is 0. The minimum Gasteiger partial charge on any atom is -0.493 e. The molecule has 0 radical (unpaired) electrons. The molecule has 144 valence electrons. The summed E-state index contributed by atoms with van der Waals surface area (Å²) < 4.78 is 16.3. The SMILES string of the molecule is COc1cc(CN2C(=O)[C@H](CBr)[C@@H]2c2ccccc2C)cc(OC)c1OC. The second-order valence-electron chi connectivity index (χ2n) is 6.56. The number of alkyl halides is 1. The Morgan fingerprint density at radius 1 is 1.04 bits per heavy atom. The number of aryl methyl sites for hydroxylation is 1. The summed E-state index contributed by atoms with van der Waals surface area (Å²) in [5, 5.41) is 0.649. The molecular formula is C21H24BrNO4. The molecule has 5 nitrogen and oxygen atoms in total. The number of rotatable bonds is 7. The Kier molecular flexibility index (Phi) is 5.95. The maximum atomic E-state index is 12.7. The van der Waals surface area contributed by atoms with Crippen molar-refractivity contribution in [3.8, 4) is 17.2 Å². The van der Waals surface area contributed by atoms with Crippen molar-refractivity contribution in [2.45, 2.75) is 19.5 Å². The number of methoxy groups -OCH3 is 3. The molecule has 0 unspecified atom stereocenters. The highest BCUT2D eigenvalue weighted by molar-refractivity contribution is 9.09. The highest BCUT2D eigenvalue weighted by atomic mass is 79.9. The van der Waals surface area contributed by atoms with Crippen LogP contribution in [0.3, 0.4) is 0 Å². The molecule has 0 spiro atoms. The first kappa shape index (κ1) is 19.5. The van der Waals surface area contributed by atoms with Crippen molar-refractivity contribution < 1.29 is 19.0 Å². The quantitative estimate of drug-likeness (QED) is 0.486. The van der Waals surface area contributed by atoms with Crippen LogP contribution in [0.1, 0.15) is 22.7 Å². The lowest BCUT2D eigenvalue weighted by Crippen LogP contribution is -2.55. The summed E-state index contributed by atoms with van der Waals surface area (Å²) in [6.07, 6.45) is 0. The molecule has 0 bridgehead atoms. The van der Waals surface area contributed by atoms with E-state index >= 15 is 0 Å². The van der Waals surface area contributed by atoms with Gasteiger partial charge in [0.05, 0.1) is 33.3 Å². The summed E-state index contributed by atoms with van der Waals surface area (Å²) in [7, 11) is 4.76. The molecule has 3 rings (SSSR count). The summed E-state index contributed by atoms with van der Waals surface area (Å²) >= 11 is 3.50. The summed E-state index contributed by atoms with van der Waals surface area (Å²) in [6.45, 7) is 2.57. The molecule has 2 atom stereocenters. The van der Waals surface area contributed by atoms with E-state index in [0.29, 0.717) is 29.1 Å². The number of nitrogens with zero attached hydrogens (tertiary/aromatic N) is 1. The molecule has 0 aliphatic carbocycles. The zero-order valence-corrected chi connectivity index (χ0v) is 17.6. The lowest BCUT2D eigenvalue weighted by Gasteiger charge is -2.47. The van der Waals surface area contributed by atoms with E-state index in [2.05, 4.69) is 35.0 Å². The van der Waals surface area contributed by atoms with E-state index < -0.39 is 0 Å². The Morgan fingerprint density at radius 2 is 1.67 bits per heavy atom. The molecular weight excluding hydrogens is 410 g/mol. The van der Waals surface area contributed by atoms with Crippen LogP contribution in [0.2, 0.25) is 0 Å². The Morgan fingerprint density at radius 3 is 2.19 bits per heavy atom. The van der Waals surface area contributed by atoms with Crippen LogP contribution in [-0.4, -0.2) is 37.5 Å². The van der Waals surface area contributed by atoms with E-state index in [1.54, 1.807) is 21.3 Å². The Balaban J connectivity index is 1.94. The molecule has 1 amide bonds. The summed E-state index contributed by atoms with van der Waals surface area (Å²) in [5.41, 5.74) is 3.31. The zero-order valence-electron chi connectivity index (χ0n) is 16.0. The second kappa shape index (κ2) is 8.21. The highest BCUT2D eigenvalue weighted by Crippen LogP contribution is 2.44. The molecule has 0 saturated carbocycles. The number of ether oxygens (including phenoxy) is 3. The summed E-state index contributed by atoms with van der Waals surface area (Å²) in [5.74, 6) is 1.82. The van der Waals surface area contributed by atoms with Crippen LogP contribution >= 0.6 is 15.9 Å². The minimum absolute atomic E-state index is 0.0480. The molecule has 6 heteroatoms. The van der Waals surface area contributed by atoms with E-state index in [1.807, 2.05) is 29.2 Å². The van der Waals surface area contributed by atoms with Crippen LogP contribution in [0.5, 0.6) is 17.2 Å². The van der Waals surface area contributed by atoms with E-state index in [1.165, 1.54) is 11.1 Å². The molecule has 2 aromatic rings. The molecule has 0 aromatic heterocycles. The average Bonchev–Trinajstić information content (AvgIpc) is 2.69. The third-order valence-electron chi connectivity index (χ3n) is 5.07. The normalized spacial score (nSPS) is 18.9. The third kappa shape index (κ3) is 3.50. The van der Waals surface area contributed by atoms with Crippen LogP contribution in [0.25, 0.3) is 0 Å². The van der Waals surface area contributed by atoms with Gasteiger partial charge < -0.3 is 19.1 Å². The molecule has 0 N–H and O–H groups in total. The molecule has 1 aliphatic rings. The largest absolute Gasteiger partial charge is 0.493 e. The van der Waals surface area contributed by atoms with E-state index in [0.717, 1.165) is 5.56 Å². The fraction of sp³-hybridized carbons (Fsp3) is 0.381. The highest BCUT2D eigenvalue weighted by Gasteiger charge is 2.47. The van der Waals surface area contributed by atoms with Crippen LogP contribution in [-0.2, 0) is 11.3 Å². The van der Waals surface area contributed by atoms with E-state index in [9.17, 15) is 4.79 Å². The van der Waals surface area contributed by atoms with Crippen molar-refractivity contribution in [1.29, 1.82) is 0 Å².